The summed E-state index contributed by atoms with van der Waals surface area (Å²) < 4.78 is 30.1. The monoisotopic (exact) mass is 238 g/mol. The highest BCUT2D eigenvalue weighted by molar-refractivity contribution is 7.85. The van der Waals surface area contributed by atoms with Crippen LogP contribution in [0.5, 0.6) is 5.75 Å². The number of rotatable bonds is 2. The van der Waals surface area contributed by atoms with E-state index in [2.05, 4.69) is 0 Å². The summed E-state index contributed by atoms with van der Waals surface area (Å²) in [6, 6.07) is 9.85. The number of fused-ring (bicyclic) bond motifs is 1. The Hall–Kier alpha value is -1.59. The van der Waals surface area contributed by atoms with Crippen molar-refractivity contribution in [1.82, 2.24) is 0 Å². The third-order valence-electron chi connectivity index (χ3n) is 2.24. The molecule has 2 aromatic carbocycles. The standard InChI is InChI=1S/C11H10O4S/c12-11-4-3-9-2-1-8(5-10(9)6-11)7-16(13,14)15/h1-6,12H,7H2,(H,13,14,15). The van der Waals surface area contributed by atoms with Crippen LogP contribution in [0.3, 0.4) is 0 Å². The van der Waals surface area contributed by atoms with E-state index in [0.717, 1.165) is 10.8 Å². The zero-order valence-electron chi connectivity index (χ0n) is 8.29. The Kier molecular flexibility index (Phi) is 2.57. The van der Waals surface area contributed by atoms with Gasteiger partial charge in [-0.15, -0.1) is 0 Å². The van der Waals surface area contributed by atoms with E-state index >= 15 is 0 Å². The molecular weight excluding hydrogens is 228 g/mol. The molecule has 2 rings (SSSR count). The van der Waals surface area contributed by atoms with Crippen LogP contribution < -0.4 is 0 Å². The molecule has 4 nitrogen and oxygen atoms in total. The first-order valence-corrected chi connectivity index (χ1v) is 6.22. The largest absolute Gasteiger partial charge is 0.508 e. The van der Waals surface area contributed by atoms with Gasteiger partial charge in [-0.1, -0.05) is 18.2 Å². The zero-order chi connectivity index (χ0) is 11.8. The van der Waals surface area contributed by atoms with Gasteiger partial charge in [-0.25, -0.2) is 0 Å². The molecule has 2 N–H and O–H groups in total. The van der Waals surface area contributed by atoms with Crippen LogP contribution in [0.15, 0.2) is 36.4 Å². The maximum absolute atomic E-state index is 10.7. The number of phenols is 1. The van der Waals surface area contributed by atoms with Crippen LogP contribution >= 0.6 is 0 Å². The molecule has 0 aliphatic heterocycles. The van der Waals surface area contributed by atoms with Crippen molar-refractivity contribution in [3.8, 4) is 5.75 Å². The molecule has 0 radical (unpaired) electrons. The summed E-state index contributed by atoms with van der Waals surface area (Å²) in [6.07, 6.45) is 0. The maximum atomic E-state index is 10.7. The normalized spacial score (nSPS) is 11.8. The molecule has 5 heteroatoms. The SMILES string of the molecule is O=S(=O)(O)Cc1ccc2ccc(O)cc2c1. The summed E-state index contributed by atoms with van der Waals surface area (Å²) in [4.78, 5) is 0. The quantitative estimate of drug-likeness (QED) is 0.784. The predicted molar refractivity (Wildman–Crippen MR) is 60.9 cm³/mol. The minimum absolute atomic E-state index is 0.122. The highest BCUT2D eigenvalue weighted by Gasteiger charge is 2.07. The number of phenolic OH excluding ortho intramolecular Hbond substituents is 1. The van der Waals surface area contributed by atoms with Crippen LogP contribution in [-0.2, 0) is 15.9 Å². The van der Waals surface area contributed by atoms with Crippen molar-refractivity contribution in [3.05, 3.63) is 42.0 Å². The van der Waals surface area contributed by atoms with E-state index in [1.165, 1.54) is 0 Å². The Morgan fingerprint density at radius 2 is 1.69 bits per heavy atom. The van der Waals surface area contributed by atoms with E-state index in [4.69, 9.17) is 4.55 Å². The maximum Gasteiger partial charge on any atom is 0.269 e. The minimum atomic E-state index is -4.02. The minimum Gasteiger partial charge on any atom is -0.508 e. The number of hydrogen-bond donors (Lipinski definition) is 2. The molecule has 0 bridgehead atoms. The second-order valence-corrected chi connectivity index (χ2v) is 5.04. The van der Waals surface area contributed by atoms with Gasteiger partial charge in [0, 0.05) is 0 Å². The Morgan fingerprint density at radius 1 is 1.00 bits per heavy atom. The lowest BCUT2D eigenvalue weighted by Crippen LogP contribution is -2.01. The van der Waals surface area contributed by atoms with E-state index in [-0.39, 0.29) is 5.75 Å². The van der Waals surface area contributed by atoms with Gasteiger partial charge in [0.1, 0.15) is 11.5 Å². The fourth-order valence-electron chi connectivity index (χ4n) is 1.58. The van der Waals surface area contributed by atoms with Crippen LogP contribution in [0.2, 0.25) is 0 Å². The molecule has 16 heavy (non-hydrogen) atoms. The molecule has 2 aromatic rings. The fraction of sp³-hybridized carbons (Fsp3) is 0.0909. The number of aromatic hydroxyl groups is 1. The van der Waals surface area contributed by atoms with Crippen molar-refractivity contribution in [3.63, 3.8) is 0 Å². The predicted octanol–water partition coefficient (Wildman–Crippen LogP) is 1.93. The van der Waals surface area contributed by atoms with Crippen molar-refractivity contribution in [2.45, 2.75) is 5.75 Å². The van der Waals surface area contributed by atoms with Crippen LogP contribution in [0.4, 0.5) is 0 Å². The first-order chi connectivity index (χ1) is 7.44. The van der Waals surface area contributed by atoms with Gasteiger partial charge in [0.15, 0.2) is 0 Å². The third-order valence-corrected chi connectivity index (χ3v) is 2.94. The first-order valence-electron chi connectivity index (χ1n) is 4.61. The molecule has 0 heterocycles. The molecule has 0 atom stereocenters. The van der Waals surface area contributed by atoms with Crippen molar-refractivity contribution in [2.24, 2.45) is 0 Å². The molecular formula is C11H10O4S. The number of benzene rings is 2. The fourth-order valence-corrected chi connectivity index (χ4v) is 2.18. The van der Waals surface area contributed by atoms with Crippen LogP contribution in [0, 0.1) is 0 Å². The van der Waals surface area contributed by atoms with E-state index in [1.807, 2.05) is 0 Å². The Labute approximate surface area is 92.9 Å². The van der Waals surface area contributed by atoms with Gasteiger partial charge in [0.05, 0.1) is 0 Å². The molecule has 0 aliphatic rings. The van der Waals surface area contributed by atoms with Crippen molar-refractivity contribution < 1.29 is 18.1 Å². The van der Waals surface area contributed by atoms with E-state index in [1.54, 1.807) is 36.4 Å². The van der Waals surface area contributed by atoms with Gasteiger partial charge in [-0.2, -0.15) is 8.42 Å². The summed E-state index contributed by atoms with van der Waals surface area (Å²) in [5, 5.41) is 10.9. The zero-order valence-corrected chi connectivity index (χ0v) is 9.11. The third kappa shape index (κ3) is 2.50. The topological polar surface area (TPSA) is 74.6 Å². The summed E-state index contributed by atoms with van der Waals surface area (Å²) in [5.41, 5.74) is 0.487. The summed E-state index contributed by atoms with van der Waals surface area (Å²) in [7, 11) is -4.02. The van der Waals surface area contributed by atoms with E-state index in [0.29, 0.717) is 5.56 Å². The van der Waals surface area contributed by atoms with Crippen molar-refractivity contribution >= 4 is 20.9 Å². The highest BCUT2D eigenvalue weighted by Crippen LogP contribution is 2.21. The average Bonchev–Trinajstić information content (AvgIpc) is 2.14. The van der Waals surface area contributed by atoms with Gasteiger partial charge in [0.25, 0.3) is 10.1 Å². The van der Waals surface area contributed by atoms with E-state index < -0.39 is 15.9 Å². The molecule has 0 aromatic heterocycles. The highest BCUT2D eigenvalue weighted by atomic mass is 32.2. The molecule has 0 aliphatic carbocycles. The van der Waals surface area contributed by atoms with Crippen LogP contribution in [-0.4, -0.2) is 18.1 Å². The Bertz CT molecular complexity index is 631. The van der Waals surface area contributed by atoms with Crippen LogP contribution in [0.1, 0.15) is 5.56 Å². The summed E-state index contributed by atoms with van der Waals surface area (Å²) >= 11 is 0. The van der Waals surface area contributed by atoms with Gasteiger partial charge >= 0.3 is 0 Å². The average molecular weight is 238 g/mol. The smallest absolute Gasteiger partial charge is 0.269 e. The Morgan fingerprint density at radius 3 is 2.38 bits per heavy atom. The van der Waals surface area contributed by atoms with Gasteiger partial charge in [0.2, 0.25) is 0 Å². The molecule has 0 spiro atoms. The Balaban J connectivity index is 2.51. The molecule has 0 amide bonds. The molecule has 0 fully saturated rings. The molecule has 84 valence electrons. The molecule has 0 saturated carbocycles. The lowest BCUT2D eigenvalue weighted by atomic mass is 10.1. The first kappa shape index (κ1) is 10.9. The van der Waals surface area contributed by atoms with E-state index in [9.17, 15) is 13.5 Å². The van der Waals surface area contributed by atoms with Gasteiger partial charge in [-0.3, -0.25) is 4.55 Å². The second-order valence-electron chi connectivity index (χ2n) is 3.59. The van der Waals surface area contributed by atoms with Gasteiger partial charge < -0.3 is 5.11 Å². The number of hydrogen-bond acceptors (Lipinski definition) is 3. The molecule has 0 saturated heterocycles. The molecule has 0 unspecified atom stereocenters. The van der Waals surface area contributed by atoms with Gasteiger partial charge in [-0.05, 0) is 34.5 Å². The van der Waals surface area contributed by atoms with Crippen molar-refractivity contribution in [1.29, 1.82) is 0 Å². The second kappa shape index (κ2) is 3.77. The van der Waals surface area contributed by atoms with Crippen LogP contribution in [0.25, 0.3) is 10.8 Å². The lowest BCUT2D eigenvalue weighted by molar-refractivity contribution is 0.476. The summed E-state index contributed by atoms with van der Waals surface area (Å²) in [6.45, 7) is 0. The summed E-state index contributed by atoms with van der Waals surface area (Å²) in [5.74, 6) is -0.296. The lowest BCUT2D eigenvalue weighted by Gasteiger charge is -2.02. The van der Waals surface area contributed by atoms with Crippen molar-refractivity contribution in [2.75, 3.05) is 0 Å².